The van der Waals surface area contributed by atoms with Gasteiger partial charge in [0.1, 0.15) is 0 Å². The summed E-state index contributed by atoms with van der Waals surface area (Å²) in [4.78, 5) is 30.2. The maximum absolute atomic E-state index is 12.0. The lowest BCUT2D eigenvalue weighted by molar-refractivity contribution is 0.810. The normalized spacial score (nSPS) is 11.5. The molecule has 0 aliphatic rings. The van der Waals surface area contributed by atoms with Crippen LogP contribution in [-0.4, -0.2) is 19.1 Å². The molecule has 2 heterocycles. The number of nitrogens with zero attached hydrogens (tertiary/aromatic N) is 3. The van der Waals surface area contributed by atoms with E-state index in [1.807, 2.05) is 42.5 Å². The Labute approximate surface area is 133 Å². The van der Waals surface area contributed by atoms with Gasteiger partial charge in [-0.1, -0.05) is 42.5 Å². The standard InChI is InChI=1S/C15H13BrN4O2/c1-19-12-11(13(21)18-15(19)22)20(14(16)17-12)9-5-8-10-6-3-2-4-7-10/h2-8H,9H2,1H3,(H,18,21,22). The fraction of sp³-hybridized carbons (Fsp3) is 0.133. The average Bonchev–Trinajstić information content (AvgIpc) is 2.84. The van der Waals surface area contributed by atoms with E-state index in [-0.39, 0.29) is 0 Å². The van der Waals surface area contributed by atoms with Crippen LogP contribution in [0, 0.1) is 0 Å². The number of fused-ring (bicyclic) bond motifs is 1. The van der Waals surface area contributed by atoms with Crippen LogP contribution in [0.5, 0.6) is 0 Å². The molecule has 6 nitrogen and oxygen atoms in total. The number of aromatic amines is 1. The summed E-state index contributed by atoms with van der Waals surface area (Å²) < 4.78 is 3.54. The first-order valence-electron chi connectivity index (χ1n) is 6.64. The quantitative estimate of drug-likeness (QED) is 0.725. The minimum atomic E-state index is -0.477. The van der Waals surface area contributed by atoms with Crippen molar-refractivity contribution in [2.45, 2.75) is 6.54 Å². The summed E-state index contributed by atoms with van der Waals surface area (Å²) in [5, 5.41) is 0. The van der Waals surface area contributed by atoms with Crippen LogP contribution in [0.25, 0.3) is 17.2 Å². The van der Waals surface area contributed by atoms with Crippen molar-refractivity contribution in [3.63, 3.8) is 0 Å². The number of halogens is 1. The van der Waals surface area contributed by atoms with Crippen LogP contribution in [0.1, 0.15) is 5.56 Å². The third kappa shape index (κ3) is 2.55. The van der Waals surface area contributed by atoms with Gasteiger partial charge in [-0.2, -0.15) is 0 Å². The molecule has 7 heteroatoms. The smallest absolute Gasteiger partial charge is 0.309 e. The number of benzene rings is 1. The van der Waals surface area contributed by atoms with Crippen LogP contribution in [0.4, 0.5) is 0 Å². The topological polar surface area (TPSA) is 72.7 Å². The van der Waals surface area contributed by atoms with Gasteiger partial charge >= 0.3 is 5.69 Å². The third-order valence-electron chi connectivity index (χ3n) is 3.36. The molecule has 3 aromatic rings. The molecule has 0 spiro atoms. The predicted molar refractivity (Wildman–Crippen MR) is 88.8 cm³/mol. The predicted octanol–water partition coefficient (Wildman–Crippen LogP) is 1.90. The van der Waals surface area contributed by atoms with Crippen LogP contribution in [0.3, 0.4) is 0 Å². The van der Waals surface area contributed by atoms with E-state index in [0.717, 1.165) is 5.56 Å². The lowest BCUT2D eigenvalue weighted by Gasteiger charge is -2.02. The van der Waals surface area contributed by atoms with Gasteiger partial charge in [-0.05, 0) is 21.5 Å². The summed E-state index contributed by atoms with van der Waals surface area (Å²) in [5.41, 5.74) is 0.878. The maximum Gasteiger partial charge on any atom is 0.329 e. The van der Waals surface area contributed by atoms with Crippen molar-refractivity contribution >= 4 is 33.2 Å². The van der Waals surface area contributed by atoms with E-state index in [1.165, 1.54) is 4.57 Å². The summed E-state index contributed by atoms with van der Waals surface area (Å²) in [6.45, 7) is 0.466. The molecule has 0 unspecified atom stereocenters. The van der Waals surface area contributed by atoms with Crippen molar-refractivity contribution in [1.29, 1.82) is 0 Å². The number of hydrogen-bond donors (Lipinski definition) is 1. The second kappa shape index (κ2) is 5.76. The van der Waals surface area contributed by atoms with Gasteiger partial charge in [0, 0.05) is 13.6 Å². The highest BCUT2D eigenvalue weighted by molar-refractivity contribution is 9.10. The van der Waals surface area contributed by atoms with Gasteiger partial charge in [-0.15, -0.1) is 0 Å². The Hall–Kier alpha value is -2.41. The van der Waals surface area contributed by atoms with Gasteiger partial charge < -0.3 is 4.57 Å². The number of rotatable bonds is 3. The van der Waals surface area contributed by atoms with Crippen LogP contribution in [0.15, 0.2) is 50.7 Å². The summed E-state index contributed by atoms with van der Waals surface area (Å²) >= 11 is 3.34. The Morgan fingerprint density at radius 1 is 1.27 bits per heavy atom. The van der Waals surface area contributed by atoms with E-state index in [0.29, 0.717) is 22.4 Å². The molecule has 1 aromatic carbocycles. The second-order valence-corrected chi connectivity index (χ2v) is 5.50. The fourth-order valence-corrected chi connectivity index (χ4v) is 2.72. The van der Waals surface area contributed by atoms with E-state index in [9.17, 15) is 9.59 Å². The van der Waals surface area contributed by atoms with Crippen LogP contribution in [0.2, 0.25) is 0 Å². The molecule has 0 fully saturated rings. The first-order chi connectivity index (χ1) is 10.6. The Kier molecular flexibility index (Phi) is 3.81. The SMILES string of the molecule is Cn1c(=O)[nH]c(=O)c2c1nc(Br)n2CC=Cc1ccccc1. The maximum atomic E-state index is 12.0. The molecule has 112 valence electrons. The number of H-pyrrole nitrogens is 1. The molecule has 0 aliphatic carbocycles. The number of aryl methyl sites for hydroxylation is 1. The van der Waals surface area contributed by atoms with Crippen molar-refractivity contribution in [3.05, 3.63) is 67.5 Å². The minimum absolute atomic E-state index is 0.355. The van der Waals surface area contributed by atoms with E-state index in [1.54, 1.807) is 11.6 Å². The minimum Gasteiger partial charge on any atom is -0.309 e. The van der Waals surface area contributed by atoms with Gasteiger partial charge in [0.2, 0.25) is 0 Å². The molecule has 0 saturated carbocycles. The molecule has 0 aliphatic heterocycles. The van der Waals surface area contributed by atoms with Gasteiger partial charge in [-0.3, -0.25) is 14.3 Å². The van der Waals surface area contributed by atoms with E-state index in [2.05, 4.69) is 25.9 Å². The largest absolute Gasteiger partial charge is 0.329 e. The Morgan fingerprint density at radius 2 is 2.00 bits per heavy atom. The monoisotopic (exact) mass is 360 g/mol. The van der Waals surface area contributed by atoms with E-state index < -0.39 is 11.2 Å². The van der Waals surface area contributed by atoms with Crippen LogP contribution in [-0.2, 0) is 13.6 Å². The zero-order valence-electron chi connectivity index (χ0n) is 11.8. The number of allylic oxidation sites excluding steroid dienone is 1. The molecule has 0 radical (unpaired) electrons. The first kappa shape index (κ1) is 14.5. The summed E-state index contributed by atoms with van der Waals surface area (Å²) in [6, 6.07) is 9.87. The molecule has 0 saturated heterocycles. The van der Waals surface area contributed by atoms with Gasteiger partial charge in [0.15, 0.2) is 15.9 Å². The molecule has 22 heavy (non-hydrogen) atoms. The molecule has 0 amide bonds. The second-order valence-electron chi connectivity index (χ2n) is 4.79. The molecule has 3 rings (SSSR count). The summed E-state index contributed by atoms with van der Waals surface area (Å²) in [6.07, 6.45) is 3.90. The molecule has 0 atom stereocenters. The van der Waals surface area contributed by atoms with Crippen molar-refractivity contribution in [3.8, 4) is 0 Å². The molecular formula is C15H13BrN4O2. The number of hydrogen-bond acceptors (Lipinski definition) is 3. The fourth-order valence-electron chi connectivity index (χ4n) is 2.23. The zero-order chi connectivity index (χ0) is 15.7. The van der Waals surface area contributed by atoms with E-state index in [4.69, 9.17) is 0 Å². The summed E-state index contributed by atoms with van der Waals surface area (Å²) in [7, 11) is 1.57. The van der Waals surface area contributed by atoms with Gasteiger partial charge in [0.05, 0.1) is 0 Å². The highest BCUT2D eigenvalue weighted by Gasteiger charge is 2.14. The molecule has 2 aromatic heterocycles. The third-order valence-corrected chi connectivity index (χ3v) is 3.96. The number of imidazole rings is 1. The van der Waals surface area contributed by atoms with Gasteiger partial charge in [0.25, 0.3) is 5.56 Å². The number of nitrogens with one attached hydrogen (secondary N) is 1. The highest BCUT2D eigenvalue weighted by atomic mass is 79.9. The molecular weight excluding hydrogens is 348 g/mol. The van der Waals surface area contributed by atoms with Crippen molar-refractivity contribution in [2.24, 2.45) is 7.05 Å². The lowest BCUT2D eigenvalue weighted by atomic mass is 10.2. The first-order valence-corrected chi connectivity index (χ1v) is 7.44. The van der Waals surface area contributed by atoms with Crippen molar-refractivity contribution < 1.29 is 0 Å². The van der Waals surface area contributed by atoms with Gasteiger partial charge in [-0.25, -0.2) is 9.78 Å². The van der Waals surface area contributed by atoms with Crippen molar-refractivity contribution in [2.75, 3.05) is 0 Å². The average molecular weight is 361 g/mol. The van der Waals surface area contributed by atoms with Crippen LogP contribution >= 0.6 is 15.9 Å². The lowest BCUT2D eigenvalue weighted by Crippen LogP contribution is -2.29. The Bertz CT molecular complexity index is 967. The Morgan fingerprint density at radius 3 is 2.73 bits per heavy atom. The summed E-state index contributed by atoms with van der Waals surface area (Å²) in [5.74, 6) is 0. The van der Waals surface area contributed by atoms with Crippen molar-refractivity contribution in [1.82, 2.24) is 19.1 Å². The molecule has 1 N–H and O–H groups in total. The molecule has 0 bridgehead atoms. The Balaban J connectivity index is 2.03. The highest BCUT2D eigenvalue weighted by Crippen LogP contribution is 2.16. The van der Waals surface area contributed by atoms with Crippen LogP contribution < -0.4 is 11.2 Å². The van der Waals surface area contributed by atoms with E-state index >= 15 is 0 Å². The zero-order valence-corrected chi connectivity index (χ0v) is 13.4. The number of aromatic nitrogens is 4.